The predicted octanol–water partition coefficient (Wildman–Crippen LogP) is 2.03. The number of aryl methyl sites for hydroxylation is 1. The molecule has 0 bridgehead atoms. The van der Waals surface area contributed by atoms with E-state index >= 15 is 0 Å². The number of rotatable bonds is 11. The highest BCUT2D eigenvalue weighted by molar-refractivity contribution is 6.07. The van der Waals surface area contributed by atoms with Crippen molar-refractivity contribution in [2.24, 2.45) is 0 Å². The van der Waals surface area contributed by atoms with E-state index in [2.05, 4.69) is 32.1 Å². The molecule has 12 nitrogen and oxygen atoms in total. The highest BCUT2D eigenvalue weighted by atomic mass is 16.3. The molecule has 1 saturated heterocycles. The quantitative estimate of drug-likeness (QED) is 0.213. The Hall–Kier alpha value is -3.87. The molecule has 1 amide bonds. The number of carbonyl (C=O) groups excluding carboxylic acids is 1. The summed E-state index contributed by atoms with van der Waals surface area (Å²) in [7, 11) is 0. The average Bonchev–Trinajstić information content (AvgIpc) is 3.28. The van der Waals surface area contributed by atoms with Crippen LogP contribution in [0.25, 0.3) is 21.9 Å². The van der Waals surface area contributed by atoms with Gasteiger partial charge in [-0.1, -0.05) is 25.5 Å². The number of fused-ring (bicyclic) bond motifs is 2. The number of nitrogens with zero attached hydrogens (tertiary/aromatic N) is 7. The standard InChI is InChI=1S/C29H39N9O3/c1-3-5-21(9-16-39)32-27-26-24(33-29(30)34-27)19(2)35-38(26)18-20-7-8-23(22-6-4-10-31-25(20)22)28(41)37-13-11-36(12-14-37)15-17-40/h4,6-8,10,21,39-40H,3,5,9,11-18H2,1-2H3,(H3,30,32,33,34)/t21-/m0/s1. The molecule has 1 aliphatic heterocycles. The Labute approximate surface area is 239 Å². The maximum atomic E-state index is 13.6. The van der Waals surface area contributed by atoms with Gasteiger partial charge in [-0.3, -0.25) is 19.4 Å². The van der Waals surface area contributed by atoms with Gasteiger partial charge in [0.15, 0.2) is 5.82 Å². The molecule has 1 atom stereocenters. The number of hydrogen-bond acceptors (Lipinski definition) is 10. The van der Waals surface area contributed by atoms with Crippen molar-refractivity contribution in [1.82, 2.24) is 34.5 Å². The zero-order chi connectivity index (χ0) is 28.9. The fourth-order valence-electron chi connectivity index (χ4n) is 5.64. The van der Waals surface area contributed by atoms with Gasteiger partial charge in [-0.05, 0) is 37.5 Å². The second kappa shape index (κ2) is 12.8. The van der Waals surface area contributed by atoms with Crippen molar-refractivity contribution in [3.05, 3.63) is 47.3 Å². The van der Waals surface area contributed by atoms with Crippen molar-refractivity contribution < 1.29 is 15.0 Å². The molecule has 12 heteroatoms. The van der Waals surface area contributed by atoms with E-state index in [0.717, 1.165) is 53.6 Å². The van der Waals surface area contributed by atoms with Crippen LogP contribution in [-0.2, 0) is 6.54 Å². The minimum Gasteiger partial charge on any atom is -0.396 e. The summed E-state index contributed by atoms with van der Waals surface area (Å²) in [6.45, 7) is 7.94. The Kier molecular flexibility index (Phi) is 8.91. The van der Waals surface area contributed by atoms with Crippen molar-refractivity contribution in [3.63, 3.8) is 0 Å². The van der Waals surface area contributed by atoms with Crippen LogP contribution < -0.4 is 11.1 Å². The van der Waals surface area contributed by atoms with Gasteiger partial charge in [0.05, 0.1) is 24.4 Å². The molecule has 0 unspecified atom stereocenters. The Bertz CT molecular complexity index is 1510. The Morgan fingerprint density at radius 1 is 1.07 bits per heavy atom. The van der Waals surface area contributed by atoms with Crippen LogP contribution in [0.2, 0.25) is 0 Å². The van der Waals surface area contributed by atoms with E-state index in [1.807, 2.05) is 40.8 Å². The Morgan fingerprint density at radius 2 is 1.88 bits per heavy atom. The second-order valence-electron chi connectivity index (χ2n) is 10.5. The molecule has 4 heterocycles. The van der Waals surface area contributed by atoms with Crippen LogP contribution in [0.5, 0.6) is 0 Å². The van der Waals surface area contributed by atoms with Crippen LogP contribution in [0, 0.1) is 6.92 Å². The van der Waals surface area contributed by atoms with Gasteiger partial charge in [0, 0.05) is 62.5 Å². The van der Waals surface area contributed by atoms with Crippen LogP contribution in [0.3, 0.4) is 0 Å². The van der Waals surface area contributed by atoms with Gasteiger partial charge in [0.2, 0.25) is 5.95 Å². The first-order chi connectivity index (χ1) is 19.9. The topological polar surface area (TPSA) is 159 Å². The molecule has 0 spiro atoms. The number of aromatic nitrogens is 5. The molecule has 5 rings (SSSR count). The molecule has 1 aliphatic rings. The van der Waals surface area contributed by atoms with Crippen LogP contribution in [0.1, 0.15) is 47.8 Å². The van der Waals surface area contributed by atoms with Gasteiger partial charge in [0.1, 0.15) is 11.0 Å². The third-order valence-electron chi connectivity index (χ3n) is 7.71. The fourth-order valence-corrected chi connectivity index (χ4v) is 5.64. The van der Waals surface area contributed by atoms with Crippen LogP contribution in [0.15, 0.2) is 30.5 Å². The molecule has 0 saturated carbocycles. The molecule has 0 aliphatic carbocycles. The lowest BCUT2D eigenvalue weighted by atomic mass is 10.0. The van der Waals surface area contributed by atoms with Gasteiger partial charge in [0.25, 0.3) is 5.91 Å². The third-order valence-corrected chi connectivity index (χ3v) is 7.71. The van der Waals surface area contributed by atoms with Crippen LogP contribution >= 0.6 is 0 Å². The van der Waals surface area contributed by atoms with E-state index in [9.17, 15) is 15.0 Å². The number of nitrogens with one attached hydrogen (secondary N) is 1. The summed E-state index contributed by atoms with van der Waals surface area (Å²) >= 11 is 0. The number of aliphatic hydroxyl groups excluding tert-OH is 2. The van der Waals surface area contributed by atoms with E-state index in [0.29, 0.717) is 49.5 Å². The van der Waals surface area contributed by atoms with E-state index in [-0.39, 0.29) is 31.1 Å². The molecule has 3 aromatic heterocycles. The summed E-state index contributed by atoms with van der Waals surface area (Å²) in [6.07, 6.45) is 4.16. The van der Waals surface area contributed by atoms with Crippen molar-refractivity contribution in [1.29, 1.82) is 0 Å². The second-order valence-corrected chi connectivity index (χ2v) is 10.5. The molecule has 1 aromatic carbocycles. The molecule has 4 aromatic rings. The molecule has 41 heavy (non-hydrogen) atoms. The fraction of sp³-hybridized carbons (Fsp3) is 0.483. The molecule has 1 fully saturated rings. The molecule has 5 N–H and O–H groups in total. The minimum atomic E-state index is -0.0141. The first-order valence-electron chi connectivity index (χ1n) is 14.3. The molecule has 218 valence electrons. The number of pyridine rings is 1. The summed E-state index contributed by atoms with van der Waals surface area (Å²) in [6, 6.07) is 7.65. The van der Waals surface area contributed by atoms with Gasteiger partial charge >= 0.3 is 0 Å². The van der Waals surface area contributed by atoms with E-state index < -0.39 is 0 Å². The van der Waals surface area contributed by atoms with Gasteiger partial charge in [-0.25, -0.2) is 4.98 Å². The lowest BCUT2D eigenvalue weighted by molar-refractivity contribution is 0.0617. The van der Waals surface area contributed by atoms with Crippen molar-refractivity contribution >= 4 is 39.6 Å². The first-order valence-corrected chi connectivity index (χ1v) is 14.3. The van der Waals surface area contributed by atoms with Crippen molar-refractivity contribution in [2.75, 3.05) is 57.0 Å². The molecular weight excluding hydrogens is 522 g/mol. The van der Waals surface area contributed by atoms with Crippen molar-refractivity contribution in [3.8, 4) is 0 Å². The number of benzene rings is 1. The zero-order valence-corrected chi connectivity index (χ0v) is 23.8. The summed E-state index contributed by atoms with van der Waals surface area (Å²) in [4.78, 5) is 31.3. The van der Waals surface area contributed by atoms with E-state index in [4.69, 9.17) is 10.8 Å². The predicted molar refractivity (Wildman–Crippen MR) is 159 cm³/mol. The van der Waals surface area contributed by atoms with Gasteiger partial charge < -0.3 is 26.2 Å². The smallest absolute Gasteiger partial charge is 0.254 e. The molecular formula is C29H39N9O3. The molecule has 0 radical (unpaired) electrons. The maximum Gasteiger partial charge on any atom is 0.254 e. The van der Waals surface area contributed by atoms with Crippen molar-refractivity contribution in [2.45, 2.75) is 45.7 Å². The SMILES string of the molecule is CCC[C@@H](CCO)Nc1nc(N)nc2c(C)nn(Cc3ccc(C(=O)N4CCN(CCO)CC4)c4cccnc34)c12. The number of nitrogens with two attached hydrogens (primary N) is 1. The summed E-state index contributed by atoms with van der Waals surface area (Å²) in [5, 5.41) is 27.9. The normalized spacial score (nSPS) is 15.1. The number of aliphatic hydroxyl groups is 2. The van der Waals surface area contributed by atoms with Gasteiger partial charge in [-0.2, -0.15) is 10.1 Å². The minimum absolute atomic E-state index is 0.0141. The summed E-state index contributed by atoms with van der Waals surface area (Å²) in [5.74, 6) is 0.735. The number of amides is 1. The number of anilines is 2. The lowest BCUT2D eigenvalue weighted by Crippen LogP contribution is -2.49. The number of hydrogen-bond donors (Lipinski definition) is 4. The van der Waals surface area contributed by atoms with Crippen LogP contribution in [0.4, 0.5) is 11.8 Å². The largest absolute Gasteiger partial charge is 0.396 e. The summed E-state index contributed by atoms with van der Waals surface area (Å²) in [5.41, 5.74) is 10.5. The number of piperazine rings is 1. The Morgan fingerprint density at radius 3 is 2.61 bits per heavy atom. The highest BCUT2D eigenvalue weighted by Crippen LogP contribution is 2.29. The van der Waals surface area contributed by atoms with Gasteiger partial charge in [-0.15, -0.1) is 0 Å². The average molecular weight is 562 g/mol. The first kappa shape index (κ1) is 28.7. The number of carbonyl (C=O) groups is 1. The maximum absolute atomic E-state index is 13.6. The highest BCUT2D eigenvalue weighted by Gasteiger charge is 2.25. The van der Waals surface area contributed by atoms with Crippen LogP contribution in [-0.4, -0.2) is 103 Å². The number of nitrogen functional groups attached to an aromatic ring is 1. The number of β-amino-alcohol motifs (C(OH)–C–C–N with tert-alkyl or cyclic N) is 1. The van der Waals surface area contributed by atoms with E-state index in [1.54, 1.807) is 6.20 Å². The van der Waals surface area contributed by atoms with E-state index in [1.165, 1.54) is 0 Å². The zero-order valence-electron chi connectivity index (χ0n) is 23.8. The Balaban J connectivity index is 1.49. The lowest BCUT2D eigenvalue weighted by Gasteiger charge is -2.34. The third kappa shape index (κ3) is 6.09. The monoisotopic (exact) mass is 561 g/mol. The summed E-state index contributed by atoms with van der Waals surface area (Å²) < 4.78 is 1.86.